The van der Waals surface area contributed by atoms with E-state index < -0.39 is 5.97 Å². The van der Waals surface area contributed by atoms with Crippen molar-refractivity contribution in [2.45, 2.75) is 6.92 Å². The molecule has 0 aliphatic heterocycles. The number of hydrogen-bond acceptors (Lipinski definition) is 2. The standard InChI is InChI=1S/C14H10O2S/c1-8-3-2-4-9-11(7-12(15)16)10-5-6-17-14(10)13(8)9/h2-7H,1H3,(H,15,16)/b11-7+. The van der Waals surface area contributed by atoms with E-state index in [4.69, 9.17) is 5.11 Å². The summed E-state index contributed by atoms with van der Waals surface area (Å²) in [5, 5.41) is 11.0. The molecule has 1 aliphatic carbocycles. The summed E-state index contributed by atoms with van der Waals surface area (Å²) in [6, 6.07) is 8.02. The predicted molar refractivity (Wildman–Crippen MR) is 69.2 cm³/mol. The molecular formula is C14H10O2S. The average Bonchev–Trinajstić information content (AvgIpc) is 2.82. The highest BCUT2D eigenvalue weighted by Gasteiger charge is 2.26. The summed E-state index contributed by atoms with van der Waals surface area (Å²) in [7, 11) is 0. The van der Waals surface area contributed by atoms with E-state index in [1.807, 2.05) is 23.6 Å². The smallest absolute Gasteiger partial charge is 0.328 e. The Hall–Kier alpha value is -1.87. The first-order valence-electron chi connectivity index (χ1n) is 5.31. The number of thiophene rings is 1. The summed E-state index contributed by atoms with van der Waals surface area (Å²) in [6.45, 7) is 2.06. The van der Waals surface area contributed by atoms with Gasteiger partial charge in [0.05, 0.1) is 0 Å². The monoisotopic (exact) mass is 242 g/mol. The molecule has 1 aliphatic rings. The summed E-state index contributed by atoms with van der Waals surface area (Å²) in [5.74, 6) is -0.897. The van der Waals surface area contributed by atoms with Crippen molar-refractivity contribution in [2.75, 3.05) is 0 Å². The fourth-order valence-corrected chi connectivity index (χ4v) is 3.37. The molecule has 0 fully saturated rings. The van der Waals surface area contributed by atoms with Crippen molar-refractivity contribution in [2.24, 2.45) is 0 Å². The van der Waals surface area contributed by atoms with Crippen molar-refractivity contribution in [1.29, 1.82) is 0 Å². The van der Waals surface area contributed by atoms with Gasteiger partial charge < -0.3 is 5.11 Å². The molecule has 1 N–H and O–H groups in total. The molecule has 3 heteroatoms. The van der Waals surface area contributed by atoms with Crippen molar-refractivity contribution in [1.82, 2.24) is 0 Å². The SMILES string of the molecule is Cc1cccc2c1-c1sccc1/C2=C/C(=O)O. The molecule has 0 bridgehead atoms. The third-order valence-corrected chi connectivity index (χ3v) is 3.95. The van der Waals surface area contributed by atoms with Gasteiger partial charge in [-0.25, -0.2) is 4.79 Å². The number of carboxylic acid groups (broad SMARTS) is 1. The molecule has 84 valence electrons. The Labute approximate surface area is 103 Å². The van der Waals surface area contributed by atoms with Gasteiger partial charge in [0.15, 0.2) is 0 Å². The van der Waals surface area contributed by atoms with Crippen LogP contribution in [-0.4, -0.2) is 11.1 Å². The van der Waals surface area contributed by atoms with Crippen molar-refractivity contribution >= 4 is 22.9 Å². The maximum Gasteiger partial charge on any atom is 0.328 e. The normalized spacial score (nSPS) is 14.8. The van der Waals surface area contributed by atoms with Gasteiger partial charge in [-0.1, -0.05) is 18.2 Å². The quantitative estimate of drug-likeness (QED) is 0.662. The molecule has 0 spiro atoms. The lowest BCUT2D eigenvalue weighted by Gasteiger charge is -2.03. The zero-order valence-electron chi connectivity index (χ0n) is 9.23. The Kier molecular flexibility index (Phi) is 2.16. The van der Waals surface area contributed by atoms with Gasteiger partial charge in [-0.3, -0.25) is 0 Å². The Morgan fingerprint density at radius 2 is 2.12 bits per heavy atom. The third-order valence-electron chi connectivity index (χ3n) is 3.01. The summed E-state index contributed by atoms with van der Waals surface area (Å²) in [6.07, 6.45) is 1.30. The molecule has 1 aromatic carbocycles. The van der Waals surface area contributed by atoms with Gasteiger partial charge in [0.25, 0.3) is 0 Å². The third kappa shape index (κ3) is 1.43. The van der Waals surface area contributed by atoms with Crippen molar-refractivity contribution in [3.63, 3.8) is 0 Å². The maximum absolute atomic E-state index is 10.9. The molecular weight excluding hydrogens is 232 g/mol. The highest BCUT2D eigenvalue weighted by molar-refractivity contribution is 7.14. The summed E-state index contributed by atoms with van der Waals surface area (Å²) in [4.78, 5) is 12.1. The van der Waals surface area contributed by atoms with Crippen molar-refractivity contribution in [3.8, 4) is 10.4 Å². The first-order valence-corrected chi connectivity index (χ1v) is 6.19. The van der Waals surface area contributed by atoms with E-state index in [2.05, 4.69) is 13.0 Å². The fourth-order valence-electron chi connectivity index (χ4n) is 2.33. The number of fused-ring (bicyclic) bond motifs is 3. The predicted octanol–water partition coefficient (Wildman–Crippen LogP) is 3.55. The fraction of sp³-hybridized carbons (Fsp3) is 0.0714. The number of rotatable bonds is 1. The first-order chi connectivity index (χ1) is 8.18. The first kappa shape index (κ1) is 10.3. The van der Waals surface area contributed by atoms with Gasteiger partial charge in [0.2, 0.25) is 0 Å². The molecule has 0 unspecified atom stereocenters. The lowest BCUT2D eigenvalue weighted by atomic mass is 10.0. The van der Waals surface area contributed by atoms with E-state index in [1.54, 1.807) is 11.3 Å². The molecule has 0 radical (unpaired) electrons. The Balaban J connectivity index is 2.37. The molecule has 0 saturated heterocycles. The van der Waals surface area contributed by atoms with Gasteiger partial charge in [0.1, 0.15) is 0 Å². The van der Waals surface area contributed by atoms with Crippen LogP contribution >= 0.6 is 11.3 Å². The van der Waals surface area contributed by atoms with Gasteiger partial charge in [-0.2, -0.15) is 0 Å². The van der Waals surface area contributed by atoms with Gasteiger partial charge in [0, 0.05) is 22.1 Å². The van der Waals surface area contributed by atoms with Gasteiger partial charge in [-0.15, -0.1) is 11.3 Å². The Bertz CT molecular complexity index is 650. The molecule has 0 atom stereocenters. The number of aliphatic carboxylic acids is 1. The zero-order chi connectivity index (χ0) is 12.0. The van der Waals surface area contributed by atoms with Crippen LogP contribution in [0.15, 0.2) is 35.7 Å². The molecule has 17 heavy (non-hydrogen) atoms. The Morgan fingerprint density at radius 1 is 1.29 bits per heavy atom. The molecule has 0 saturated carbocycles. The molecule has 2 aromatic rings. The van der Waals surface area contributed by atoms with E-state index in [0.717, 1.165) is 16.7 Å². The minimum Gasteiger partial charge on any atom is -0.478 e. The van der Waals surface area contributed by atoms with E-state index in [-0.39, 0.29) is 0 Å². The number of aryl methyl sites for hydroxylation is 1. The molecule has 1 heterocycles. The maximum atomic E-state index is 10.9. The Morgan fingerprint density at radius 3 is 2.88 bits per heavy atom. The summed E-state index contributed by atoms with van der Waals surface area (Å²) in [5.41, 5.74) is 5.29. The van der Waals surface area contributed by atoms with Crippen LogP contribution in [0.4, 0.5) is 0 Å². The van der Waals surface area contributed by atoms with Crippen molar-refractivity contribution in [3.05, 3.63) is 52.4 Å². The second kappa shape index (κ2) is 3.57. The van der Waals surface area contributed by atoms with Crippen LogP contribution in [0.25, 0.3) is 16.0 Å². The highest BCUT2D eigenvalue weighted by Crippen LogP contribution is 2.48. The van der Waals surface area contributed by atoms with Crippen LogP contribution in [0.1, 0.15) is 16.7 Å². The molecule has 2 nitrogen and oxygen atoms in total. The largest absolute Gasteiger partial charge is 0.478 e. The van der Waals surface area contributed by atoms with E-state index in [0.29, 0.717) is 0 Å². The van der Waals surface area contributed by atoms with E-state index >= 15 is 0 Å². The minimum atomic E-state index is -0.897. The van der Waals surface area contributed by atoms with E-state index in [9.17, 15) is 4.79 Å². The number of carboxylic acids is 1. The van der Waals surface area contributed by atoms with Crippen LogP contribution < -0.4 is 0 Å². The van der Waals surface area contributed by atoms with Gasteiger partial charge >= 0.3 is 5.97 Å². The van der Waals surface area contributed by atoms with Crippen LogP contribution in [0.3, 0.4) is 0 Å². The molecule has 3 rings (SSSR count). The highest BCUT2D eigenvalue weighted by atomic mass is 32.1. The molecule has 1 aromatic heterocycles. The lowest BCUT2D eigenvalue weighted by molar-refractivity contribution is -0.131. The van der Waals surface area contributed by atoms with Crippen LogP contribution in [0, 0.1) is 6.92 Å². The van der Waals surface area contributed by atoms with Gasteiger partial charge in [-0.05, 0) is 35.1 Å². The minimum absolute atomic E-state index is 0.826. The summed E-state index contributed by atoms with van der Waals surface area (Å²) < 4.78 is 0. The van der Waals surface area contributed by atoms with Crippen LogP contribution in [0.2, 0.25) is 0 Å². The van der Waals surface area contributed by atoms with Crippen LogP contribution in [-0.2, 0) is 4.79 Å². The number of carbonyl (C=O) groups is 1. The topological polar surface area (TPSA) is 37.3 Å². The summed E-state index contributed by atoms with van der Waals surface area (Å²) >= 11 is 1.67. The second-order valence-electron chi connectivity index (χ2n) is 4.06. The average molecular weight is 242 g/mol. The molecule has 0 amide bonds. The van der Waals surface area contributed by atoms with Crippen LogP contribution in [0.5, 0.6) is 0 Å². The lowest BCUT2D eigenvalue weighted by Crippen LogP contribution is -1.91. The van der Waals surface area contributed by atoms with E-state index in [1.165, 1.54) is 22.1 Å². The number of hydrogen-bond donors (Lipinski definition) is 1. The number of benzene rings is 1. The zero-order valence-corrected chi connectivity index (χ0v) is 10.0. The van der Waals surface area contributed by atoms with Crippen molar-refractivity contribution < 1.29 is 9.90 Å². The second-order valence-corrected chi connectivity index (χ2v) is 4.97.